The molecule has 0 bridgehead atoms. The molecule has 0 saturated heterocycles. The highest BCUT2D eigenvalue weighted by Crippen LogP contribution is 1.82. The maximum atomic E-state index is 2.14. The minimum absolute atomic E-state index is 1.36. The largest absolute Gasteiger partial charge is 0.108 e. The van der Waals surface area contributed by atoms with Gasteiger partial charge in [-0.25, -0.2) is 0 Å². The molecule has 0 atom stereocenters. The number of hydrogen-bond donors (Lipinski definition) is 0. The van der Waals surface area contributed by atoms with Gasteiger partial charge in [-0.1, -0.05) is 0 Å². The van der Waals surface area contributed by atoms with Crippen molar-refractivity contribution in [1.29, 1.82) is 0 Å². The van der Waals surface area contributed by atoms with Gasteiger partial charge in [0.05, 0.1) is 0 Å². The van der Waals surface area contributed by atoms with Gasteiger partial charge in [0.2, 0.25) is 0 Å². The third-order valence-corrected chi connectivity index (χ3v) is 1.49. The minimum atomic E-state index is 1.36. The van der Waals surface area contributed by atoms with Crippen molar-refractivity contribution in [3.63, 3.8) is 0 Å². The lowest BCUT2D eigenvalue weighted by atomic mass is 11.0. The van der Waals surface area contributed by atoms with E-state index in [1.165, 1.54) is 16.4 Å². The van der Waals surface area contributed by atoms with Gasteiger partial charge < -0.3 is 0 Å². The summed E-state index contributed by atoms with van der Waals surface area (Å²) in [6.07, 6.45) is 0. The molecule has 6 heavy (non-hydrogen) atoms. The lowest BCUT2D eigenvalue weighted by Gasteiger charge is -1.61. The SMILES string of the molecule is CP=CC=PC. The second-order valence-corrected chi connectivity index (χ2v) is 2.44. The molecule has 0 nitrogen and oxygen atoms in total. The zero-order chi connectivity index (χ0) is 4.83. The van der Waals surface area contributed by atoms with Crippen molar-refractivity contribution in [3.05, 3.63) is 0 Å². The van der Waals surface area contributed by atoms with Crippen molar-refractivity contribution in [2.45, 2.75) is 0 Å². The summed E-state index contributed by atoms with van der Waals surface area (Å²) in [7, 11) is 2.72. The van der Waals surface area contributed by atoms with E-state index in [1.807, 2.05) is 0 Å². The van der Waals surface area contributed by atoms with Crippen LogP contribution in [-0.2, 0) is 0 Å². The maximum Gasteiger partial charge on any atom is -0.0223 e. The predicted molar refractivity (Wildman–Crippen MR) is 37.8 cm³/mol. The van der Waals surface area contributed by atoms with Crippen LogP contribution in [0, 0.1) is 0 Å². The quantitative estimate of drug-likeness (QED) is 0.460. The summed E-state index contributed by atoms with van der Waals surface area (Å²) in [6.45, 7) is 4.23. The first-order valence-electron chi connectivity index (χ1n) is 1.74. The Morgan fingerprint density at radius 3 is 1.50 bits per heavy atom. The van der Waals surface area contributed by atoms with Crippen LogP contribution in [0.4, 0.5) is 0 Å². The van der Waals surface area contributed by atoms with Gasteiger partial charge in [-0.05, 0) is 24.9 Å². The summed E-state index contributed by atoms with van der Waals surface area (Å²) < 4.78 is 0. The standard InChI is InChI=1S/C4H8P2/c1-5-3-4-6-2/h3-4H,1-2H3. The predicted octanol–water partition coefficient (Wildman–Crippen LogP) is 1.74. The van der Waals surface area contributed by atoms with Crippen LogP contribution in [0.25, 0.3) is 0 Å². The van der Waals surface area contributed by atoms with Crippen molar-refractivity contribution in [2.75, 3.05) is 13.3 Å². The summed E-state index contributed by atoms with van der Waals surface area (Å²) in [6, 6.07) is 0. The van der Waals surface area contributed by atoms with Crippen LogP contribution in [0.1, 0.15) is 0 Å². The second kappa shape index (κ2) is 5.34. The first-order chi connectivity index (χ1) is 2.91. The molecule has 0 N–H and O–H groups in total. The van der Waals surface area contributed by atoms with Gasteiger partial charge in [0.25, 0.3) is 0 Å². The minimum Gasteiger partial charge on any atom is -0.108 e. The van der Waals surface area contributed by atoms with E-state index >= 15 is 0 Å². The Kier molecular flexibility index (Phi) is 5.64. The Hall–Kier alpha value is 0.340. The van der Waals surface area contributed by atoms with Crippen LogP contribution < -0.4 is 0 Å². The van der Waals surface area contributed by atoms with E-state index in [-0.39, 0.29) is 0 Å². The molecule has 0 aromatic heterocycles. The first kappa shape index (κ1) is 6.34. The van der Waals surface area contributed by atoms with Crippen LogP contribution in [-0.4, -0.2) is 24.9 Å². The number of hydrogen-bond acceptors (Lipinski definition) is 0. The fraction of sp³-hybridized carbons (Fsp3) is 0.500. The van der Waals surface area contributed by atoms with E-state index in [4.69, 9.17) is 0 Å². The molecule has 34 valence electrons. The monoisotopic (exact) mass is 118 g/mol. The van der Waals surface area contributed by atoms with E-state index in [1.54, 1.807) is 0 Å². The molecule has 0 heterocycles. The molecule has 0 unspecified atom stereocenters. The van der Waals surface area contributed by atoms with Gasteiger partial charge in [-0.15, -0.1) is 16.4 Å². The zero-order valence-electron chi connectivity index (χ0n) is 4.05. The molecule has 0 aliphatic carbocycles. The molecule has 0 radical (unpaired) electrons. The molecule has 0 rings (SSSR count). The van der Waals surface area contributed by atoms with Gasteiger partial charge in [0.1, 0.15) is 0 Å². The van der Waals surface area contributed by atoms with E-state index < -0.39 is 0 Å². The highest BCUT2D eigenvalue weighted by atomic mass is 31.1. The second-order valence-electron chi connectivity index (χ2n) is 0.815. The Labute approximate surface area is 42.2 Å². The van der Waals surface area contributed by atoms with E-state index in [2.05, 4.69) is 24.9 Å². The van der Waals surface area contributed by atoms with Gasteiger partial charge in [-0.3, -0.25) is 0 Å². The van der Waals surface area contributed by atoms with E-state index in [9.17, 15) is 0 Å². The van der Waals surface area contributed by atoms with Gasteiger partial charge in [0, 0.05) is 0 Å². The smallest absolute Gasteiger partial charge is 0.0223 e. The molecule has 0 aliphatic rings. The van der Waals surface area contributed by atoms with E-state index in [0.29, 0.717) is 0 Å². The van der Waals surface area contributed by atoms with Crippen LogP contribution >= 0.6 is 16.4 Å². The fourth-order valence-corrected chi connectivity index (χ4v) is 1.20. The summed E-state index contributed by atoms with van der Waals surface area (Å²) >= 11 is 0. The van der Waals surface area contributed by atoms with Crippen molar-refractivity contribution in [2.24, 2.45) is 0 Å². The first-order valence-corrected chi connectivity index (χ1v) is 4.57. The zero-order valence-corrected chi connectivity index (χ0v) is 5.84. The molecule has 0 fully saturated rings. The summed E-state index contributed by atoms with van der Waals surface area (Å²) in [5.41, 5.74) is 0. The highest BCUT2D eigenvalue weighted by molar-refractivity contribution is 7.48. The topological polar surface area (TPSA) is 0 Å². The number of rotatable bonds is 1. The van der Waals surface area contributed by atoms with Crippen LogP contribution in [0.2, 0.25) is 0 Å². The maximum absolute atomic E-state index is 2.14. The van der Waals surface area contributed by atoms with Crippen molar-refractivity contribution in [1.82, 2.24) is 0 Å². The van der Waals surface area contributed by atoms with Crippen molar-refractivity contribution >= 4 is 28.0 Å². The van der Waals surface area contributed by atoms with Crippen LogP contribution in [0.3, 0.4) is 0 Å². The van der Waals surface area contributed by atoms with E-state index in [0.717, 1.165) is 0 Å². The average molecular weight is 118 g/mol. The molecule has 0 spiro atoms. The molecule has 0 aromatic rings. The molecule has 0 aliphatic heterocycles. The van der Waals surface area contributed by atoms with Crippen LogP contribution in [0.15, 0.2) is 0 Å². The summed E-state index contributed by atoms with van der Waals surface area (Å²) in [5, 5.41) is 0. The Morgan fingerprint density at radius 1 is 1.00 bits per heavy atom. The fourth-order valence-electron chi connectivity index (χ4n) is 0.133. The van der Waals surface area contributed by atoms with Gasteiger partial charge in [-0.2, -0.15) is 0 Å². The lowest BCUT2D eigenvalue weighted by molar-refractivity contribution is 2.51. The molecule has 0 saturated carbocycles. The van der Waals surface area contributed by atoms with Crippen LogP contribution in [0.5, 0.6) is 0 Å². The van der Waals surface area contributed by atoms with Gasteiger partial charge >= 0.3 is 0 Å². The molecular formula is C4H8P2. The molecule has 0 amide bonds. The normalized spacial score (nSPS) is 11.7. The molecule has 2 heteroatoms. The highest BCUT2D eigenvalue weighted by Gasteiger charge is 1.50. The third kappa shape index (κ3) is 4.34. The summed E-state index contributed by atoms with van der Waals surface area (Å²) in [4.78, 5) is 0. The van der Waals surface area contributed by atoms with Crippen molar-refractivity contribution in [3.8, 4) is 0 Å². The van der Waals surface area contributed by atoms with Gasteiger partial charge in [0.15, 0.2) is 0 Å². The Balaban J connectivity index is 3.07. The Bertz CT molecular complexity index is 53.9. The van der Waals surface area contributed by atoms with Crippen molar-refractivity contribution < 1.29 is 0 Å². The molecular weight excluding hydrogens is 110 g/mol. The summed E-state index contributed by atoms with van der Waals surface area (Å²) in [5.74, 6) is 4.28. The average Bonchev–Trinajstić information content (AvgIpc) is 1.61. The molecule has 0 aromatic carbocycles. The third-order valence-electron chi connectivity index (χ3n) is 0.365. The Morgan fingerprint density at radius 2 is 1.33 bits per heavy atom. The lowest BCUT2D eigenvalue weighted by Crippen LogP contribution is -1.57.